The predicted molar refractivity (Wildman–Crippen MR) is 108 cm³/mol. The number of para-hydroxylation sites is 1. The quantitative estimate of drug-likeness (QED) is 0.240. The van der Waals surface area contributed by atoms with E-state index in [0.717, 1.165) is 33.4 Å². The number of non-ortho nitro benzene ring substituents is 1. The summed E-state index contributed by atoms with van der Waals surface area (Å²) < 4.78 is 6.07. The number of nitro benzene ring substituents is 1. The molecule has 0 N–H and O–H groups in total. The summed E-state index contributed by atoms with van der Waals surface area (Å²) in [4.78, 5) is 10.4. The van der Waals surface area contributed by atoms with Crippen molar-refractivity contribution in [2.75, 3.05) is 0 Å². The molecule has 0 radical (unpaired) electrons. The minimum Gasteiger partial charge on any atom is -0.258 e. The van der Waals surface area contributed by atoms with Gasteiger partial charge in [0.05, 0.1) is 21.9 Å². The topological polar surface area (TPSA) is 54.4 Å². The summed E-state index contributed by atoms with van der Waals surface area (Å²) in [5.41, 5.74) is 3.82. The van der Waals surface area contributed by atoms with E-state index in [2.05, 4.69) is 0 Å². The lowest BCUT2D eigenvalue weighted by molar-refractivity contribution is -0.384. The molecule has 1 heterocycles. The summed E-state index contributed by atoms with van der Waals surface area (Å²) in [5.74, 6) is 0.789. The van der Waals surface area contributed by atoms with E-state index >= 15 is 0 Å². The van der Waals surface area contributed by atoms with Crippen LogP contribution in [0.15, 0.2) is 89.3 Å². The van der Waals surface area contributed by atoms with Gasteiger partial charge in [0.25, 0.3) is 5.69 Å². The Bertz CT molecular complexity index is 1130. The number of benzene rings is 3. The SMILES string of the molecule is O=[N+]([O-])c1ccc(/C=C/c2cc(-c3ccccc3)[o+]c3ccccc23)cc1. The highest BCUT2D eigenvalue weighted by atomic mass is 16.6. The van der Waals surface area contributed by atoms with Crippen LogP contribution in [0, 0.1) is 10.1 Å². The van der Waals surface area contributed by atoms with Crippen molar-refractivity contribution < 1.29 is 9.34 Å². The summed E-state index contributed by atoms with van der Waals surface area (Å²) in [7, 11) is 0. The van der Waals surface area contributed by atoms with E-state index in [4.69, 9.17) is 4.42 Å². The van der Waals surface area contributed by atoms with Gasteiger partial charge in [-0.15, -0.1) is 0 Å². The largest absolute Gasteiger partial charge is 0.361 e. The summed E-state index contributed by atoms with van der Waals surface area (Å²) in [5, 5.41) is 11.8. The first-order valence-electron chi connectivity index (χ1n) is 8.54. The molecule has 4 nitrogen and oxygen atoms in total. The maximum Gasteiger partial charge on any atom is 0.361 e. The maximum absolute atomic E-state index is 10.8. The Morgan fingerprint density at radius 2 is 1.52 bits per heavy atom. The van der Waals surface area contributed by atoms with Gasteiger partial charge in [0.15, 0.2) is 0 Å². The molecule has 0 aliphatic carbocycles. The van der Waals surface area contributed by atoms with E-state index in [0.29, 0.717) is 0 Å². The third-order valence-electron chi connectivity index (χ3n) is 4.32. The first-order chi connectivity index (χ1) is 13.2. The number of hydrogen-bond donors (Lipinski definition) is 0. The summed E-state index contributed by atoms with van der Waals surface area (Å²) >= 11 is 0. The Kier molecular flexibility index (Phi) is 4.45. The molecule has 0 bridgehead atoms. The molecule has 0 atom stereocenters. The van der Waals surface area contributed by atoms with Crippen molar-refractivity contribution >= 4 is 28.8 Å². The van der Waals surface area contributed by atoms with Crippen LogP contribution in [-0.2, 0) is 0 Å². The minimum absolute atomic E-state index is 0.0856. The first-order valence-corrected chi connectivity index (χ1v) is 8.54. The van der Waals surface area contributed by atoms with Crippen molar-refractivity contribution in [2.24, 2.45) is 0 Å². The van der Waals surface area contributed by atoms with Crippen LogP contribution >= 0.6 is 0 Å². The number of nitrogens with zero attached hydrogens (tertiary/aromatic N) is 1. The monoisotopic (exact) mass is 354 g/mol. The van der Waals surface area contributed by atoms with Crippen LogP contribution < -0.4 is 0 Å². The van der Waals surface area contributed by atoms with Crippen molar-refractivity contribution in [2.45, 2.75) is 0 Å². The molecule has 1 aromatic heterocycles. The van der Waals surface area contributed by atoms with E-state index < -0.39 is 4.92 Å². The third kappa shape index (κ3) is 3.60. The van der Waals surface area contributed by atoms with E-state index in [9.17, 15) is 10.1 Å². The molecule has 4 heteroatoms. The highest BCUT2D eigenvalue weighted by Crippen LogP contribution is 2.29. The highest BCUT2D eigenvalue weighted by molar-refractivity contribution is 5.91. The summed E-state index contributed by atoms with van der Waals surface area (Å²) in [6.07, 6.45) is 3.95. The average Bonchev–Trinajstić information content (AvgIpc) is 2.72. The molecule has 4 aromatic rings. The van der Waals surface area contributed by atoms with Crippen molar-refractivity contribution in [1.29, 1.82) is 0 Å². The van der Waals surface area contributed by atoms with Crippen LogP contribution in [-0.4, -0.2) is 4.92 Å². The Morgan fingerprint density at radius 3 is 2.26 bits per heavy atom. The van der Waals surface area contributed by atoms with Crippen molar-refractivity contribution in [3.63, 3.8) is 0 Å². The van der Waals surface area contributed by atoms with Gasteiger partial charge in [-0.3, -0.25) is 10.1 Å². The fourth-order valence-corrected chi connectivity index (χ4v) is 2.94. The normalized spacial score (nSPS) is 11.1. The van der Waals surface area contributed by atoms with Gasteiger partial charge >= 0.3 is 11.3 Å². The van der Waals surface area contributed by atoms with Gasteiger partial charge in [-0.1, -0.05) is 42.5 Å². The standard InChI is InChI=1S/C23H16NO3/c25-24(26)20-14-11-17(12-15-20)10-13-19-16-23(18-6-2-1-3-7-18)27-22-9-5-4-8-21(19)22/h1-16H/q+1/b13-10+. The zero-order chi connectivity index (χ0) is 18.6. The van der Waals surface area contributed by atoms with Crippen LogP contribution in [0.4, 0.5) is 5.69 Å². The zero-order valence-corrected chi connectivity index (χ0v) is 14.4. The van der Waals surface area contributed by atoms with E-state index in [1.165, 1.54) is 12.1 Å². The average molecular weight is 354 g/mol. The number of hydrogen-bond acceptors (Lipinski definition) is 2. The van der Waals surface area contributed by atoms with Crippen LogP contribution in [0.5, 0.6) is 0 Å². The predicted octanol–water partition coefficient (Wildman–Crippen LogP) is 6.46. The molecule has 0 saturated heterocycles. The molecule has 0 spiro atoms. The second-order valence-electron chi connectivity index (χ2n) is 6.11. The number of fused-ring (bicyclic) bond motifs is 1. The number of nitro groups is 1. The lowest BCUT2D eigenvalue weighted by atomic mass is 10.0. The highest BCUT2D eigenvalue weighted by Gasteiger charge is 2.17. The van der Waals surface area contributed by atoms with Gasteiger partial charge in [0.2, 0.25) is 0 Å². The van der Waals surface area contributed by atoms with Crippen LogP contribution in [0.2, 0.25) is 0 Å². The fraction of sp³-hybridized carbons (Fsp3) is 0. The lowest BCUT2D eigenvalue weighted by Gasteiger charge is -1.99. The Labute approximate surface area is 156 Å². The number of rotatable bonds is 4. The second-order valence-corrected chi connectivity index (χ2v) is 6.11. The molecule has 130 valence electrons. The Balaban J connectivity index is 1.77. The molecule has 4 rings (SSSR count). The van der Waals surface area contributed by atoms with E-state index in [1.807, 2.05) is 72.8 Å². The second kappa shape index (κ2) is 7.22. The molecule has 0 fully saturated rings. The van der Waals surface area contributed by atoms with Gasteiger partial charge in [-0.25, -0.2) is 4.42 Å². The Morgan fingerprint density at radius 1 is 0.815 bits per heavy atom. The van der Waals surface area contributed by atoms with Crippen LogP contribution in [0.25, 0.3) is 34.4 Å². The van der Waals surface area contributed by atoms with Gasteiger partial charge in [-0.05, 0) is 35.9 Å². The lowest BCUT2D eigenvalue weighted by Crippen LogP contribution is -1.86. The summed E-state index contributed by atoms with van der Waals surface area (Å²) in [6, 6.07) is 26.3. The van der Waals surface area contributed by atoms with Gasteiger partial charge in [0, 0.05) is 23.8 Å². The third-order valence-corrected chi connectivity index (χ3v) is 4.32. The molecular weight excluding hydrogens is 338 g/mol. The smallest absolute Gasteiger partial charge is 0.258 e. The molecule has 0 aliphatic rings. The summed E-state index contributed by atoms with van der Waals surface area (Å²) in [6.45, 7) is 0. The molecule has 0 unspecified atom stereocenters. The zero-order valence-electron chi connectivity index (χ0n) is 14.4. The van der Waals surface area contributed by atoms with Crippen molar-refractivity contribution in [3.05, 3.63) is 106 Å². The molecule has 0 amide bonds. The molecule has 0 aliphatic heterocycles. The molecule has 0 saturated carbocycles. The first kappa shape index (κ1) is 16.7. The van der Waals surface area contributed by atoms with Gasteiger partial charge in [-0.2, -0.15) is 0 Å². The van der Waals surface area contributed by atoms with Gasteiger partial charge < -0.3 is 0 Å². The van der Waals surface area contributed by atoms with Gasteiger partial charge in [0.1, 0.15) is 0 Å². The van der Waals surface area contributed by atoms with E-state index in [-0.39, 0.29) is 5.69 Å². The van der Waals surface area contributed by atoms with Crippen LogP contribution in [0.1, 0.15) is 11.1 Å². The van der Waals surface area contributed by atoms with Crippen molar-refractivity contribution in [3.8, 4) is 11.3 Å². The van der Waals surface area contributed by atoms with E-state index in [1.54, 1.807) is 12.1 Å². The van der Waals surface area contributed by atoms with Crippen LogP contribution in [0.3, 0.4) is 0 Å². The molecule has 3 aromatic carbocycles. The fourth-order valence-electron chi connectivity index (χ4n) is 2.94. The van der Waals surface area contributed by atoms with Crippen molar-refractivity contribution in [1.82, 2.24) is 0 Å². The maximum atomic E-state index is 10.8. The minimum atomic E-state index is -0.397. The molecular formula is C23H16NO3+. The molecule has 27 heavy (non-hydrogen) atoms. The Hall–Kier alpha value is -3.79.